The van der Waals surface area contributed by atoms with Crippen LogP contribution in [0.2, 0.25) is 0 Å². The Balaban J connectivity index is 1.87. The first-order valence-corrected chi connectivity index (χ1v) is 8.25. The zero-order valence-electron chi connectivity index (χ0n) is 13.0. The molecule has 0 bridgehead atoms. The van der Waals surface area contributed by atoms with Gasteiger partial charge in [-0.05, 0) is 37.2 Å². The Hall–Kier alpha value is -2.08. The van der Waals surface area contributed by atoms with Crippen LogP contribution in [0.4, 0.5) is 0 Å². The molecular weight excluding hydrogens is 312 g/mol. The van der Waals surface area contributed by atoms with Crippen LogP contribution < -0.4 is 10.1 Å². The van der Waals surface area contributed by atoms with Crippen LogP contribution in [0.25, 0.3) is 6.08 Å². The first-order valence-electron chi connectivity index (χ1n) is 7.84. The van der Waals surface area contributed by atoms with E-state index >= 15 is 0 Å². The lowest BCUT2D eigenvalue weighted by Gasteiger charge is -2.29. The number of phenolic OH excluding ortho intramolecular Hbond substituents is 1. The number of carbonyl (C=O) groups excluding carboxylic acids is 1. The normalized spacial score (nSPS) is 20.9. The van der Waals surface area contributed by atoms with Crippen LogP contribution in [0.3, 0.4) is 0 Å². The van der Waals surface area contributed by atoms with Gasteiger partial charge in [-0.1, -0.05) is 31.4 Å². The quantitative estimate of drug-likeness (QED) is 0.658. The zero-order valence-corrected chi connectivity index (χ0v) is 13.9. The number of rotatable bonds is 3. The predicted octanol–water partition coefficient (Wildman–Crippen LogP) is 2.79. The van der Waals surface area contributed by atoms with E-state index in [1.54, 1.807) is 29.2 Å². The third-order valence-corrected chi connectivity index (χ3v) is 4.70. The molecule has 5 nitrogen and oxygen atoms in total. The molecule has 0 atom stereocenters. The van der Waals surface area contributed by atoms with Crippen LogP contribution in [-0.4, -0.2) is 34.2 Å². The van der Waals surface area contributed by atoms with E-state index in [1.165, 1.54) is 13.5 Å². The van der Waals surface area contributed by atoms with E-state index in [4.69, 9.17) is 17.0 Å². The molecule has 3 rings (SSSR count). The van der Waals surface area contributed by atoms with Crippen molar-refractivity contribution < 1.29 is 14.6 Å². The zero-order chi connectivity index (χ0) is 16.4. The van der Waals surface area contributed by atoms with Gasteiger partial charge in [-0.25, -0.2) is 0 Å². The summed E-state index contributed by atoms with van der Waals surface area (Å²) in [7, 11) is 1.49. The minimum absolute atomic E-state index is 0.0131. The Morgan fingerprint density at radius 1 is 1.35 bits per heavy atom. The first kappa shape index (κ1) is 15.8. The maximum atomic E-state index is 12.7. The first-order chi connectivity index (χ1) is 11.1. The standard InChI is InChI=1S/C17H20N2O3S/c1-22-14-9-5-6-11(15(14)20)10-13-16(21)19(17(23)18-13)12-7-3-2-4-8-12/h5-6,9-10,12,20H,2-4,7-8H2,1H3,(H,18,23). The van der Waals surface area contributed by atoms with Crippen molar-refractivity contribution in [1.82, 2.24) is 10.2 Å². The van der Waals surface area contributed by atoms with E-state index in [1.807, 2.05) is 0 Å². The molecule has 2 N–H and O–H groups in total. The van der Waals surface area contributed by atoms with Crippen molar-refractivity contribution in [1.29, 1.82) is 0 Å². The van der Waals surface area contributed by atoms with E-state index in [-0.39, 0.29) is 17.7 Å². The highest BCUT2D eigenvalue weighted by Gasteiger charge is 2.36. The van der Waals surface area contributed by atoms with Gasteiger partial charge in [-0.15, -0.1) is 0 Å². The summed E-state index contributed by atoms with van der Waals surface area (Å²) in [6, 6.07) is 5.34. The molecule has 2 fully saturated rings. The molecule has 1 aromatic carbocycles. The molecule has 23 heavy (non-hydrogen) atoms. The second-order valence-corrected chi connectivity index (χ2v) is 6.24. The van der Waals surface area contributed by atoms with Crippen molar-refractivity contribution in [2.75, 3.05) is 7.11 Å². The van der Waals surface area contributed by atoms with Gasteiger partial charge in [0.15, 0.2) is 16.6 Å². The summed E-state index contributed by atoms with van der Waals surface area (Å²) in [5, 5.41) is 13.6. The number of aromatic hydroxyl groups is 1. The number of nitrogens with one attached hydrogen (secondary N) is 1. The maximum absolute atomic E-state index is 12.7. The van der Waals surface area contributed by atoms with E-state index in [9.17, 15) is 9.90 Å². The Morgan fingerprint density at radius 3 is 2.78 bits per heavy atom. The highest BCUT2D eigenvalue weighted by atomic mass is 32.1. The molecule has 2 aliphatic rings. The number of methoxy groups -OCH3 is 1. The Bertz CT molecular complexity index is 666. The average molecular weight is 332 g/mol. The lowest BCUT2D eigenvalue weighted by atomic mass is 9.94. The Labute approximate surface area is 140 Å². The van der Waals surface area contributed by atoms with Crippen LogP contribution in [0.15, 0.2) is 23.9 Å². The smallest absolute Gasteiger partial charge is 0.276 e. The van der Waals surface area contributed by atoms with E-state index in [0.717, 1.165) is 25.7 Å². The van der Waals surface area contributed by atoms with Gasteiger partial charge in [0.2, 0.25) is 0 Å². The number of hydrogen-bond acceptors (Lipinski definition) is 4. The van der Waals surface area contributed by atoms with Gasteiger partial charge >= 0.3 is 0 Å². The van der Waals surface area contributed by atoms with Crippen LogP contribution in [-0.2, 0) is 4.79 Å². The molecule has 1 aromatic rings. The van der Waals surface area contributed by atoms with Gasteiger partial charge in [0.1, 0.15) is 5.70 Å². The summed E-state index contributed by atoms with van der Waals surface area (Å²) in [6.07, 6.45) is 7.09. The number of nitrogens with zero attached hydrogens (tertiary/aromatic N) is 1. The van der Waals surface area contributed by atoms with Gasteiger partial charge in [0.25, 0.3) is 5.91 Å². The van der Waals surface area contributed by atoms with Gasteiger partial charge < -0.3 is 15.2 Å². The fourth-order valence-corrected chi connectivity index (χ4v) is 3.54. The second-order valence-electron chi connectivity index (χ2n) is 5.85. The second kappa shape index (κ2) is 6.58. The molecule has 0 spiro atoms. The molecule has 0 radical (unpaired) electrons. The minimum Gasteiger partial charge on any atom is -0.504 e. The molecule has 6 heteroatoms. The van der Waals surface area contributed by atoms with Crippen molar-refractivity contribution in [3.05, 3.63) is 29.5 Å². The molecular formula is C17H20N2O3S. The summed E-state index contributed by atoms with van der Waals surface area (Å²) >= 11 is 5.34. The molecule has 122 valence electrons. The van der Waals surface area contributed by atoms with Gasteiger partial charge in [-0.2, -0.15) is 0 Å². The lowest BCUT2D eigenvalue weighted by Crippen LogP contribution is -2.41. The molecule has 0 unspecified atom stereocenters. The van der Waals surface area contributed by atoms with Gasteiger partial charge in [0.05, 0.1) is 7.11 Å². The van der Waals surface area contributed by atoms with Crippen molar-refractivity contribution in [2.24, 2.45) is 0 Å². The van der Waals surface area contributed by atoms with Crippen LogP contribution in [0.1, 0.15) is 37.7 Å². The van der Waals surface area contributed by atoms with Gasteiger partial charge in [0, 0.05) is 11.6 Å². The molecule has 0 aromatic heterocycles. The summed E-state index contributed by atoms with van der Waals surface area (Å²) in [4.78, 5) is 14.4. The number of thiocarbonyl (C=S) groups is 1. The molecule has 1 saturated carbocycles. The van der Waals surface area contributed by atoms with Crippen LogP contribution in [0.5, 0.6) is 11.5 Å². The number of amides is 1. The van der Waals surface area contributed by atoms with E-state index in [2.05, 4.69) is 5.32 Å². The number of ether oxygens (including phenoxy) is 1. The average Bonchev–Trinajstić information content (AvgIpc) is 2.84. The summed E-state index contributed by atoms with van der Waals surface area (Å²) in [5.74, 6) is 0.264. The molecule has 1 aliphatic heterocycles. The van der Waals surface area contributed by atoms with Gasteiger partial charge in [-0.3, -0.25) is 9.69 Å². The number of hydrogen-bond donors (Lipinski definition) is 2. The third kappa shape index (κ3) is 3.03. The predicted molar refractivity (Wildman–Crippen MR) is 92.1 cm³/mol. The minimum atomic E-state index is -0.121. The van der Waals surface area contributed by atoms with Crippen molar-refractivity contribution in [3.63, 3.8) is 0 Å². The molecule has 1 saturated heterocycles. The monoisotopic (exact) mass is 332 g/mol. The molecule has 1 amide bonds. The van der Waals surface area contributed by atoms with Crippen molar-refractivity contribution >= 4 is 29.3 Å². The summed E-state index contributed by atoms with van der Waals surface area (Å²) < 4.78 is 5.09. The summed E-state index contributed by atoms with van der Waals surface area (Å²) in [5.41, 5.74) is 0.914. The SMILES string of the molecule is COc1cccc(C=C2NC(=S)N(C3CCCCC3)C2=O)c1O. The maximum Gasteiger partial charge on any atom is 0.276 e. The topological polar surface area (TPSA) is 61.8 Å². The highest BCUT2D eigenvalue weighted by Crippen LogP contribution is 2.32. The number of phenols is 1. The van der Waals surface area contributed by atoms with Crippen molar-refractivity contribution in [2.45, 2.75) is 38.1 Å². The fraction of sp³-hybridized carbons (Fsp3) is 0.412. The summed E-state index contributed by atoms with van der Waals surface area (Å²) in [6.45, 7) is 0. The van der Waals surface area contributed by atoms with Crippen LogP contribution >= 0.6 is 12.2 Å². The number of para-hydroxylation sites is 1. The number of benzene rings is 1. The van der Waals surface area contributed by atoms with Crippen LogP contribution in [0, 0.1) is 0 Å². The fourth-order valence-electron chi connectivity index (χ4n) is 3.20. The number of carbonyl (C=O) groups is 1. The highest BCUT2D eigenvalue weighted by molar-refractivity contribution is 7.80. The van der Waals surface area contributed by atoms with E-state index < -0.39 is 0 Å². The Morgan fingerprint density at radius 2 is 2.09 bits per heavy atom. The Kier molecular flexibility index (Phi) is 4.52. The third-order valence-electron chi connectivity index (χ3n) is 4.40. The van der Waals surface area contributed by atoms with E-state index in [0.29, 0.717) is 22.1 Å². The molecule has 1 heterocycles. The molecule has 1 aliphatic carbocycles. The van der Waals surface area contributed by atoms with Crippen molar-refractivity contribution in [3.8, 4) is 11.5 Å². The largest absolute Gasteiger partial charge is 0.504 e. The lowest BCUT2D eigenvalue weighted by molar-refractivity contribution is -0.124.